The normalized spacial score (nSPS) is 18.1. The first kappa shape index (κ1) is 20.1. The van der Waals surface area contributed by atoms with Crippen LogP contribution in [-0.2, 0) is 14.3 Å². The van der Waals surface area contributed by atoms with E-state index in [1.807, 2.05) is 36.4 Å². The van der Waals surface area contributed by atoms with Gasteiger partial charge in [0.2, 0.25) is 5.91 Å². The van der Waals surface area contributed by atoms with Gasteiger partial charge in [0.05, 0.1) is 25.4 Å². The zero-order valence-electron chi connectivity index (χ0n) is 16.2. The van der Waals surface area contributed by atoms with Crippen LogP contribution < -0.4 is 4.90 Å². The summed E-state index contributed by atoms with van der Waals surface area (Å²) in [7, 11) is 0. The second-order valence-electron chi connectivity index (χ2n) is 7.45. The second-order valence-corrected chi connectivity index (χ2v) is 8.50. The van der Waals surface area contributed by atoms with E-state index in [0.29, 0.717) is 18.9 Å². The van der Waals surface area contributed by atoms with Gasteiger partial charge in [-0.25, -0.2) is 4.79 Å². The maximum atomic E-state index is 13.4. The van der Waals surface area contributed by atoms with Gasteiger partial charge in [-0.1, -0.05) is 49.6 Å². The summed E-state index contributed by atoms with van der Waals surface area (Å²) in [5, 5.41) is 9.84. The second kappa shape index (κ2) is 9.07. The van der Waals surface area contributed by atoms with Gasteiger partial charge >= 0.3 is 5.97 Å². The van der Waals surface area contributed by atoms with E-state index in [0.717, 1.165) is 42.5 Å². The highest BCUT2D eigenvalue weighted by atomic mass is 32.1. The van der Waals surface area contributed by atoms with E-state index in [9.17, 15) is 14.7 Å². The molecule has 1 aromatic heterocycles. The zero-order chi connectivity index (χ0) is 20.2. The van der Waals surface area contributed by atoms with Gasteiger partial charge in [0.1, 0.15) is 4.88 Å². The summed E-state index contributed by atoms with van der Waals surface area (Å²) in [6.45, 7) is 1.18. The van der Waals surface area contributed by atoms with E-state index in [4.69, 9.17) is 9.47 Å². The Bertz CT molecular complexity index is 853. The van der Waals surface area contributed by atoms with Gasteiger partial charge in [0.25, 0.3) is 0 Å². The molecule has 2 fully saturated rings. The monoisotopic (exact) mass is 415 g/mol. The highest BCUT2D eigenvalue weighted by Crippen LogP contribution is 2.38. The van der Waals surface area contributed by atoms with Crippen LogP contribution in [-0.4, -0.2) is 43.0 Å². The molecular formula is C22H25NO5S. The predicted molar refractivity (Wildman–Crippen MR) is 111 cm³/mol. The summed E-state index contributed by atoms with van der Waals surface area (Å²) in [6.07, 6.45) is 4.38. The fourth-order valence-electron chi connectivity index (χ4n) is 4.02. The molecule has 1 N–H and O–H groups in total. The molecular weight excluding hydrogens is 390 g/mol. The van der Waals surface area contributed by atoms with Crippen molar-refractivity contribution >= 4 is 28.9 Å². The van der Waals surface area contributed by atoms with Crippen LogP contribution in [0.5, 0.6) is 0 Å². The number of amides is 1. The average molecular weight is 416 g/mol. The molecule has 2 aliphatic rings. The van der Waals surface area contributed by atoms with Gasteiger partial charge in [-0.15, -0.1) is 11.3 Å². The fourth-order valence-corrected chi connectivity index (χ4v) is 5.02. The third-order valence-electron chi connectivity index (χ3n) is 5.50. The third-order valence-corrected chi connectivity index (χ3v) is 6.66. The van der Waals surface area contributed by atoms with Crippen LogP contribution in [0.25, 0.3) is 10.4 Å². The van der Waals surface area contributed by atoms with Crippen molar-refractivity contribution in [3.8, 4) is 10.4 Å². The molecule has 0 atom stereocenters. The van der Waals surface area contributed by atoms with E-state index >= 15 is 0 Å². The van der Waals surface area contributed by atoms with Crippen molar-refractivity contribution in [3.05, 3.63) is 41.3 Å². The average Bonchev–Trinajstić information content (AvgIpc) is 3.43. The van der Waals surface area contributed by atoms with E-state index in [1.165, 1.54) is 11.3 Å². The molecule has 1 saturated heterocycles. The molecule has 1 saturated carbocycles. The number of benzene rings is 1. The predicted octanol–water partition coefficient (Wildman–Crippen LogP) is 4.40. The maximum absolute atomic E-state index is 13.4. The standard InChI is InChI=1S/C22H25NO5S/c24-21(16-9-5-2-6-10-16)23(14-19-27-11-12-28-19)17-13-18(29-20(17)22(25)26)15-7-3-1-4-8-15/h1,3-4,7-8,13,16,19H,2,5-6,9-12,14H2,(H,25,26). The summed E-state index contributed by atoms with van der Waals surface area (Å²) < 4.78 is 11.1. The fraction of sp³-hybridized carbons (Fsp3) is 0.455. The molecule has 1 aromatic carbocycles. The Morgan fingerprint density at radius 1 is 1.07 bits per heavy atom. The SMILES string of the molecule is O=C(O)c1sc(-c2ccccc2)cc1N(CC1OCCO1)C(=O)C1CCCCC1. The number of rotatable bonds is 6. The largest absolute Gasteiger partial charge is 0.477 e. The molecule has 0 unspecified atom stereocenters. The molecule has 2 heterocycles. The van der Waals surface area contributed by atoms with Gasteiger partial charge in [-0.3, -0.25) is 4.79 Å². The lowest BCUT2D eigenvalue weighted by Gasteiger charge is -2.30. The van der Waals surface area contributed by atoms with E-state index < -0.39 is 12.3 Å². The van der Waals surface area contributed by atoms with E-state index in [-0.39, 0.29) is 23.2 Å². The van der Waals surface area contributed by atoms with Gasteiger partial charge in [-0.2, -0.15) is 0 Å². The quantitative estimate of drug-likeness (QED) is 0.757. The van der Waals surface area contributed by atoms with Crippen molar-refractivity contribution in [3.63, 3.8) is 0 Å². The number of nitrogens with zero attached hydrogens (tertiary/aromatic N) is 1. The first-order chi connectivity index (χ1) is 14.1. The van der Waals surface area contributed by atoms with Crippen molar-refractivity contribution in [2.75, 3.05) is 24.7 Å². The Balaban J connectivity index is 1.71. The molecule has 0 spiro atoms. The molecule has 6 nitrogen and oxygen atoms in total. The minimum atomic E-state index is -1.03. The molecule has 7 heteroatoms. The van der Waals surface area contributed by atoms with Crippen molar-refractivity contribution in [2.45, 2.75) is 38.4 Å². The summed E-state index contributed by atoms with van der Waals surface area (Å²) >= 11 is 1.20. The summed E-state index contributed by atoms with van der Waals surface area (Å²) in [6, 6.07) is 11.5. The first-order valence-corrected chi connectivity index (χ1v) is 10.9. The van der Waals surface area contributed by atoms with Crippen LogP contribution in [0.4, 0.5) is 5.69 Å². The van der Waals surface area contributed by atoms with Crippen LogP contribution in [0.2, 0.25) is 0 Å². The van der Waals surface area contributed by atoms with E-state index in [1.54, 1.807) is 4.90 Å². The number of hydrogen-bond acceptors (Lipinski definition) is 5. The van der Waals surface area contributed by atoms with Crippen molar-refractivity contribution in [1.82, 2.24) is 0 Å². The lowest BCUT2D eigenvalue weighted by Crippen LogP contribution is -2.42. The van der Waals surface area contributed by atoms with Crippen molar-refractivity contribution in [2.24, 2.45) is 5.92 Å². The number of carbonyl (C=O) groups is 2. The van der Waals surface area contributed by atoms with Gasteiger partial charge in [0.15, 0.2) is 6.29 Å². The van der Waals surface area contributed by atoms with Crippen molar-refractivity contribution in [1.29, 1.82) is 0 Å². The Kier molecular flexibility index (Phi) is 6.28. The molecule has 29 heavy (non-hydrogen) atoms. The lowest BCUT2D eigenvalue weighted by molar-refractivity contribution is -0.124. The third kappa shape index (κ3) is 4.52. The highest BCUT2D eigenvalue weighted by molar-refractivity contribution is 7.18. The Morgan fingerprint density at radius 2 is 1.76 bits per heavy atom. The Hall–Kier alpha value is -2.22. The first-order valence-electron chi connectivity index (χ1n) is 10.1. The summed E-state index contributed by atoms with van der Waals surface area (Å²) in [4.78, 5) is 28.0. The molecule has 0 radical (unpaired) electrons. The van der Waals surface area contributed by atoms with Crippen LogP contribution >= 0.6 is 11.3 Å². The minimum Gasteiger partial charge on any atom is -0.477 e. The maximum Gasteiger partial charge on any atom is 0.348 e. The molecule has 0 bridgehead atoms. The number of carboxylic acid groups (broad SMARTS) is 1. The molecule has 4 rings (SSSR count). The topological polar surface area (TPSA) is 76.1 Å². The van der Waals surface area contributed by atoms with Crippen LogP contribution in [0.15, 0.2) is 36.4 Å². The lowest BCUT2D eigenvalue weighted by atomic mass is 9.88. The number of carboxylic acids is 1. The van der Waals surface area contributed by atoms with Gasteiger partial charge in [-0.05, 0) is 24.5 Å². The van der Waals surface area contributed by atoms with Crippen molar-refractivity contribution < 1.29 is 24.2 Å². The van der Waals surface area contributed by atoms with Crippen LogP contribution in [0, 0.1) is 5.92 Å². The summed E-state index contributed by atoms with van der Waals surface area (Å²) in [5.74, 6) is -1.13. The highest BCUT2D eigenvalue weighted by Gasteiger charge is 2.33. The number of aromatic carboxylic acids is 1. The number of carbonyl (C=O) groups excluding carboxylic acids is 1. The zero-order valence-corrected chi connectivity index (χ0v) is 17.0. The minimum absolute atomic E-state index is 0.0243. The Morgan fingerprint density at radius 3 is 2.41 bits per heavy atom. The molecule has 1 aliphatic heterocycles. The number of ether oxygens (including phenoxy) is 2. The van der Waals surface area contributed by atoms with Crippen LogP contribution in [0.1, 0.15) is 41.8 Å². The van der Waals surface area contributed by atoms with Crippen LogP contribution in [0.3, 0.4) is 0 Å². The smallest absolute Gasteiger partial charge is 0.348 e. The number of thiophene rings is 1. The Labute approximate surface area is 174 Å². The molecule has 1 aliphatic carbocycles. The number of anilines is 1. The van der Waals surface area contributed by atoms with Gasteiger partial charge in [0, 0.05) is 10.8 Å². The molecule has 2 aromatic rings. The van der Waals surface area contributed by atoms with Gasteiger partial charge < -0.3 is 19.5 Å². The molecule has 1 amide bonds. The molecule has 154 valence electrons. The summed E-state index contributed by atoms with van der Waals surface area (Å²) in [5.41, 5.74) is 1.38. The number of hydrogen-bond donors (Lipinski definition) is 1. The van der Waals surface area contributed by atoms with E-state index in [2.05, 4.69) is 0 Å².